The number of nitrogens with one attached hydrogen (secondary N) is 3. The molecule has 0 aliphatic heterocycles. The van der Waals surface area contributed by atoms with Gasteiger partial charge in [0.2, 0.25) is 11.8 Å². The maximum atomic E-state index is 13.7. The molecule has 3 rings (SSSR count). The third kappa shape index (κ3) is 12.8. The molecule has 50 heavy (non-hydrogen) atoms. The zero-order valence-electron chi connectivity index (χ0n) is 30.5. The van der Waals surface area contributed by atoms with Gasteiger partial charge in [0.1, 0.15) is 6.04 Å². The van der Waals surface area contributed by atoms with E-state index in [2.05, 4.69) is 16.0 Å². The minimum Gasteiger partial charge on any atom is -0.350 e. The molecule has 9 heteroatoms. The van der Waals surface area contributed by atoms with Gasteiger partial charge >= 0.3 is 0 Å². The maximum Gasteiger partial charge on any atom is 0.253 e. The van der Waals surface area contributed by atoms with Crippen molar-refractivity contribution in [3.63, 3.8) is 0 Å². The van der Waals surface area contributed by atoms with Gasteiger partial charge in [-0.15, -0.1) is 0 Å². The van der Waals surface area contributed by atoms with Crippen molar-refractivity contribution in [1.29, 1.82) is 0 Å². The predicted octanol–water partition coefficient (Wildman–Crippen LogP) is 5.88. The van der Waals surface area contributed by atoms with E-state index < -0.39 is 24.0 Å². The SMILES string of the molecule is CCCN(CCC)C(=O)c1cccc(C(=O)N[C@@H](Cc2ccccc2)[C@@H](N)C[C@@H](CC)C(=O)N[C@@H](CC(C)C)C(=O)NCc2ccccc2)c1. The molecule has 0 spiro atoms. The first-order valence-electron chi connectivity index (χ1n) is 18.2. The van der Waals surface area contributed by atoms with Crippen LogP contribution in [0.4, 0.5) is 0 Å². The van der Waals surface area contributed by atoms with Crippen LogP contribution in [-0.4, -0.2) is 59.7 Å². The lowest BCUT2D eigenvalue weighted by molar-refractivity contribution is -0.131. The summed E-state index contributed by atoms with van der Waals surface area (Å²) in [5, 5.41) is 9.11. The summed E-state index contributed by atoms with van der Waals surface area (Å²) in [6, 6.07) is 24.5. The molecule has 0 saturated heterocycles. The second kappa shape index (κ2) is 20.9. The Balaban J connectivity index is 1.75. The molecule has 0 aliphatic carbocycles. The lowest BCUT2D eigenvalue weighted by Gasteiger charge is -2.29. The van der Waals surface area contributed by atoms with Gasteiger partial charge in [-0.1, -0.05) is 101 Å². The van der Waals surface area contributed by atoms with Crippen LogP contribution in [0.2, 0.25) is 0 Å². The average Bonchev–Trinajstić information content (AvgIpc) is 3.12. The molecule has 0 heterocycles. The molecular weight excluding hydrogens is 626 g/mol. The highest BCUT2D eigenvalue weighted by molar-refractivity contribution is 5.99. The van der Waals surface area contributed by atoms with Crippen LogP contribution in [0.25, 0.3) is 0 Å². The van der Waals surface area contributed by atoms with E-state index in [-0.39, 0.29) is 29.5 Å². The van der Waals surface area contributed by atoms with Gasteiger partial charge in [-0.2, -0.15) is 0 Å². The largest absolute Gasteiger partial charge is 0.350 e. The molecule has 0 saturated carbocycles. The van der Waals surface area contributed by atoms with Gasteiger partial charge in [-0.05, 0) is 73.8 Å². The summed E-state index contributed by atoms with van der Waals surface area (Å²) in [6.07, 6.45) is 3.48. The van der Waals surface area contributed by atoms with Crippen LogP contribution in [-0.2, 0) is 22.6 Å². The Morgan fingerprint density at radius 1 is 0.720 bits per heavy atom. The molecule has 4 amide bonds. The van der Waals surface area contributed by atoms with Gasteiger partial charge in [0.15, 0.2) is 0 Å². The van der Waals surface area contributed by atoms with Gasteiger partial charge in [0.05, 0.1) is 0 Å². The maximum absolute atomic E-state index is 13.7. The molecule has 0 unspecified atom stereocenters. The van der Waals surface area contributed by atoms with Crippen LogP contribution in [0.5, 0.6) is 0 Å². The molecule has 0 aromatic heterocycles. The fraction of sp³-hybridized carbons (Fsp3) is 0.463. The highest BCUT2D eigenvalue weighted by atomic mass is 16.2. The van der Waals surface area contributed by atoms with E-state index in [0.29, 0.717) is 56.4 Å². The van der Waals surface area contributed by atoms with Gasteiger partial charge in [0.25, 0.3) is 11.8 Å². The van der Waals surface area contributed by atoms with Crippen molar-refractivity contribution in [2.24, 2.45) is 17.6 Å². The highest BCUT2D eigenvalue weighted by Gasteiger charge is 2.30. The van der Waals surface area contributed by atoms with E-state index in [0.717, 1.165) is 24.0 Å². The zero-order valence-corrected chi connectivity index (χ0v) is 30.5. The molecule has 0 radical (unpaired) electrons. The van der Waals surface area contributed by atoms with E-state index >= 15 is 0 Å². The Morgan fingerprint density at radius 2 is 1.32 bits per heavy atom. The second-order valence-corrected chi connectivity index (χ2v) is 13.5. The van der Waals surface area contributed by atoms with Crippen LogP contribution >= 0.6 is 0 Å². The number of carbonyl (C=O) groups excluding carboxylic acids is 4. The highest BCUT2D eigenvalue weighted by Crippen LogP contribution is 2.18. The number of rotatable bonds is 20. The molecular formula is C41H57N5O4. The fourth-order valence-corrected chi connectivity index (χ4v) is 6.11. The van der Waals surface area contributed by atoms with E-state index in [1.807, 2.05) is 100 Å². The van der Waals surface area contributed by atoms with Crippen LogP contribution < -0.4 is 21.7 Å². The van der Waals surface area contributed by atoms with Crippen LogP contribution in [0.3, 0.4) is 0 Å². The first-order valence-corrected chi connectivity index (χ1v) is 18.2. The van der Waals surface area contributed by atoms with Crippen molar-refractivity contribution in [2.75, 3.05) is 13.1 Å². The van der Waals surface area contributed by atoms with Crippen molar-refractivity contribution < 1.29 is 19.2 Å². The third-order valence-electron chi connectivity index (χ3n) is 8.85. The van der Waals surface area contributed by atoms with Crippen molar-refractivity contribution >= 4 is 23.6 Å². The number of nitrogens with zero attached hydrogens (tertiary/aromatic N) is 1. The second-order valence-electron chi connectivity index (χ2n) is 13.5. The topological polar surface area (TPSA) is 134 Å². The summed E-state index contributed by atoms with van der Waals surface area (Å²) in [6.45, 7) is 11.7. The minimum absolute atomic E-state index is 0.0952. The molecule has 0 aliphatic rings. The molecule has 4 atom stereocenters. The Morgan fingerprint density at radius 3 is 1.90 bits per heavy atom. The molecule has 270 valence electrons. The van der Waals surface area contributed by atoms with Gasteiger partial charge < -0.3 is 26.6 Å². The van der Waals surface area contributed by atoms with E-state index in [4.69, 9.17) is 5.73 Å². The Bertz CT molecular complexity index is 1490. The molecule has 0 fully saturated rings. The number of carbonyl (C=O) groups is 4. The standard InChI is InChI=1S/C41H57N5O4/c1-6-22-46(23-7-2)41(50)34-21-15-20-33(26-34)39(48)44-36(25-30-16-11-9-12-17-30)35(42)27-32(8-3)38(47)45-37(24-29(4)5)40(49)43-28-31-18-13-10-14-19-31/h9-21,26,29,32,35-37H,6-8,22-25,27-28,42H2,1-5H3,(H,43,49)(H,44,48)(H,45,47)/t32-,35+,36+,37+/m1/s1. The third-order valence-corrected chi connectivity index (χ3v) is 8.85. The first kappa shape index (κ1) is 39.9. The molecule has 0 bridgehead atoms. The van der Waals surface area contributed by atoms with Crippen LogP contribution in [0, 0.1) is 11.8 Å². The summed E-state index contributed by atoms with van der Waals surface area (Å²) in [5.74, 6) is -1.17. The summed E-state index contributed by atoms with van der Waals surface area (Å²) in [4.78, 5) is 55.7. The smallest absolute Gasteiger partial charge is 0.253 e. The van der Waals surface area contributed by atoms with E-state index in [1.54, 1.807) is 24.3 Å². The molecule has 3 aromatic carbocycles. The Labute approximate surface area is 298 Å². The number of hydrogen-bond acceptors (Lipinski definition) is 5. The lowest BCUT2D eigenvalue weighted by Crippen LogP contribution is -2.52. The quantitative estimate of drug-likeness (QED) is 0.118. The Hall–Kier alpha value is -4.50. The average molecular weight is 684 g/mol. The number of hydrogen-bond donors (Lipinski definition) is 4. The Kier molecular flexibility index (Phi) is 16.7. The number of amides is 4. The zero-order chi connectivity index (χ0) is 36.5. The van der Waals surface area contributed by atoms with E-state index in [1.165, 1.54) is 0 Å². The molecule has 3 aromatic rings. The summed E-state index contributed by atoms with van der Waals surface area (Å²) in [5.41, 5.74) is 9.66. The van der Waals surface area contributed by atoms with Crippen molar-refractivity contribution in [1.82, 2.24) is 20.9 Å². The number of benzene rings is 3. The van der Waals surface area contributed by atoms with Crippen molar-refractivity contribution in [3.05, 3.63) is 107 Å². The molecule has 5 N–H and O–H groups in total. The lowest BCUT2D eigenvalue weighted by atomic mass is 9.89. The summed E-state index contributed by atoms with van der Waals surface area (Å²) < 4.78 is 0. The number of nitrogens with two attached hydrogens (primary N) is 1. The normalized spacial score (nSPS) is 13.5. The van der Waals surface area contributed by atoms with Crippen LogP contribution in [0.1, 0.15) is 98.6 Å². The van der Waals surface area contributed by atoms with Gasteiger partial charge in [-0.25, -0.2) is 0 Å². The first-order chi connectivity index (χ1) is 24.1. The van der Waals surface area contributed by atoms with Crippen LogP contribution in [0.15, 0.2) is 84.9 Å². The van der Waals surface area contributed by atoms with Gasteiger partial charge in [-0.3, -0.25) is 19.2 Å². The monoisotopic (exact) mass is 683 g/mol. The molecule has 9 nitrogen and oxygen atoms in total. The summed E-state index contributed by atoms with van der Waals surface area (Å²) >= 11 is 0. The summed E-state index contributed by atoms with van der Waals surface area (Å²) in [7, 11) is 0. The van der Waals surface area contributed by atoms with Gasteiger partial charge in [0, 0.05) is 48.8 Å². The van der Waals surface area contributed by atoms with E-state index in [9.17, 15) is 19.2 Å². The minimum atomic E-state index is -0.683. The van der Waals surface area contributed by atoms with Crippen molar-refractivity contribution in [2.45, 2.75) is 97.8 Å². The fourth-order valence-electron chi connectivity index (χ4n) is 6.11. The predicted molar refractivity (Wildman–Crippen MR) is 200 cm³/mol. The van der Waals surface area contributed by atoms with Crippen molar-refractivity contribution in [3.8, 4) is 0 Å².